The molecule has 0 heteroatoms. The Hall–Kier alpha value is 0. The molecule has 0 N–H and O–H groups in total. The first-order valence-corrected chi connectivity index (χ1v) is 7.22. The molecule has 15 heavy (non-hydrogen) atoms. The summed E-state index contributed by atoms with van der Waals surface area (Å²) < 4.78 is 0. The molecule has 0 heterocycles. The van der Waals surface area contributed by atoms with Crippen molar-refractivity contribution in [2.45, 2.75) is 64.7 Å². The van der Waals surface area contributed by atoms with Crippen LogP contribution in [0.2, 0.25) is 0 Å². The molecule has 0 nitrogen and oxygen atoms in total. The van der Waals surface area contributed by atoms with E-state index in [1.807, 2.05) is 5.92 Å². The van der Waals surface area contributed by atoms with Crippen LogP contribution in [0.1, 0.15) is 64.7 Å². The van der Waals surface area contributed by atoms with Gasteiger partial charge in [-0.2, -0.15) is 0 Å². The van der Waals surface area contributed by atoms with E-state index < -0.39 is 0 Å². The van der Waals surface area contributed by atoms with Gasteiger partial charge in [-0.05, 0) is 68.1 Å². The van der Waals surface area contributed by atoms with Gasteiger partial charge in [0.15, 0.2) is 0 Å². The van der Waals surface area contributed by atoms with Crippen molar-refractivity contribution in [1.29, 1.82) is 0 Å². The standard InChI is InChI=1S/C15H25/c1-2-3-4-5-15-13-7-11-6-12(9-13)10-14(15)8-11/h11-14H,2-10H2,1H3. The zero-order chi connectivity index (χ0) is 10.3. The zero-order valence-electron chi connectivity index (χ0n) is 10.2. The molecule has 0 unspecified atom stereocenters. The molecule has 4 saturated carbocycles. The molecule has 4 aliphatic rings. The van der Waals surface area contributed by atoms with Crippen molar-refractivity contribution < 1.29 is 0 Å². The monoisotopic (exact) mass is 205 g/mol. The van der Waals surface area contributed by atoms with Gasteiger partial charge in [-0.15, -0.1) is 0 Å². The van der Waals surface area contributed by atoms with E-state index in [9.17, 15) is 0 Å². The van der Waals surface area contributed by atoms with E-state index in [2.05, 4.69) is 6.92 Å². The van der Waals surface area contributed by atoms with Gasteiger partial charge in [-0.1, -0.05) is 26.2 Å². The minimum Gasteiger partial charge on any atom is -0.0654 e. The number of rotatable bonds is 4. The Bertz CT molecular complexity index is 190. The third-order valence-corrected chi connectivity index (χ3v) is 5.26. The molecule has 1 radical (unpaired) electrons. The van der Waals surface area contributed by atoms with Crippen molar-refractivity contribution in [3.63, 3.8) is 0 Å². The van der Waals surface area contributed by atoms with Gasteiger partial charge >= 0.3 is 0 Å². The van der Waals surface area contributed by atoms with Crippen molar-refractivity contribution in [3.8, 4) is 0 Å². The van der Waals surface area contributed by atoms with Gasteiger partial charge in [0, 0.05) is 0 Å². The molecule has 0 saturated heterocycles. The minimum atomic E-state index is 1.08. The number of hydrogen-bond donors (Lipinski definition) is 0. The summed E-state index contributed by atoms with van der Waals surface area (Å²) in [6.07, 6.45) is 13.7. The molecular weight excluding hydrogens is 180 g/mol. The van der Waals surface area contributed by atoms with Crippen LogP contribution in [0.3, 0.4) is 0 Å². The Balaban J connectivity index is 1.60. The van der Waals surface area contributed by atoms with Gasteiger partial charge in [0.05, 0.1) is 0 Å². The second-order valence-corrected chi connectivity index (χ2v) is 6.34. The zero-order valence-corrected chi connectivity index (χ0v) is 10.2. The molecule has 4 rings (SSSR count). The van der Waals surface area contributed by atoms with Gasteiger partial charge in [-0.3, -0.25) is 0 Å². The third-order valence-electron chi connectivity index (χ3n) is 5.26. The molecule has 0 aromatic carbocycles. The lowest BCUT2D eigenvalue weighted by atomic mass is 9.51. The Kier molecular flexibility index (Phi) is 2.79. The fourth-order valence-corrected chi connectivity index (χ4v) is 4.78. The van der Waals surface area contributed by atoms with Crippen LogP contribution in [0, 0.1) is 29.6 Å². The highest BCUT2D eigenvalue weighted by molar-refractivity contribution is 5.13. The number of unbranched alkanes of at least 4 members (excludes halogenated alkanes) is 2. The summed E-state index contributed by atoms with van der Waals surface area (Å²) in [4.78, 5) is 0. The Morgan fingerprint density at radius 3 is 2.00 bits per heavy atom. The average Bonchev–Trinajstić information content (AvgIpc) is 2.21. The van der Waals surface area contributed by atoms with Crippen molar-refractivity contribution in [1.82, 2.24) is 0 Å². The topological polar surface area (TPSA) is 0 Å². The van der Waals surface area contributed by atoms with Crippen LogP contribution in [0.4, 0.5) is 0 Å². The normalized spacial score (nSPS) is 43.8. The molecule has 4 fully saturated rings. The SMILES string of the molecule is CCCCC[C]1C2CC3CC(C2)CC1C3. The highest BCUT2D eigenvalue weighted by Crippen LogP contribution is 2.58. The molecule has 0 aromatic rings. The quantitative estimate of drug-likeness (QED) is 0.588. The van der Waals surface area contributed by atoms with Crippen LogP contribution in [-0.4, -0.2) is 0 Å². The largest absolute Gasteiger partial charge is 0.0654 e. The molecule has 0 aromatic heterocycles. The van der Waals surface area contributed by atoms with E-state index in [-0.39, 0.29) is 0 Å². The summed E-state index contributed by atoms with van der Waals surface area (Å²) in [5.41, 5.74) is 0. The molecule has 4 aliphatic carbocycles. The Morgan fingerprint density at radius 1 is 0.867 bits per heavy atom. The lowest BCUT2D eigenvalue weighted by molar-refractivity contribution is 0.0368. The summed E-state index contributed by atoms with van der Waals surface area (Å²) in [7, 11) is 0. The van der Waals surface area contributed by atoms with Crippen LogP contribution in [-0.2, 0) is 0 Å². The van der Waals surface area contributed by atoms with Crippen LogP contribution >= 0.6 is 0 Å². The average molecular weight is 205 g/mol. The van der Waals surface area contributed by atoms with E-state index in [1.54, 1.807) is 32.1 Å². The second-order valence-electron chi connectivity index (χ2n) is 6.34. The van der Waals surface area contributed by atoms with Gasteiger partial charge in [0.1, 0.15) is 0 Å². The first kappa shape index (κ1) is 10.2. The molecule has 0 amide bonds. The highest BCUT2D eigenvalue weighted by atomic mass is 14.5. The van der Waals surface area contributed by atoms with Crippen LogP contribution in [0.15, 0.2) is 0 Å². The molecular formula is C15H25. The van der Waals surface area contributed by atoms with Gasteiger partial charge < -0.3 is 0 Å². The summed E-state index contributed by atoms with van der Waals surface area (Å²) in [5.74, 6) is 6.47. The van der Waals surface area contributed by atoms with Crippen molar-refractivity contribution in [3.05, 3.63) is 5.92 Å². The summed E-state index contributed by atoms with van der Waals surface area (Å²) in [5, 5.41) is 0. The Morgan fingerprint density at radius 2 is 1.47 bits per heavy atom. The lowest BCUT2D eigenvalue weighted by Gasteiger charge is -2.54. The summed E-state index contributed by atoms with van der Waals surface area (Å²) in [6.45, 7) is 2.32. The predicted molar refractivity (Wildman–Crippen MR) is 64.4 cm³/mol. The van der Waals surface area contributed by atoms with Crippen LogP contribution < -0.4 is 0 Å². The summed E-state index contributed by atoms with van der Waals surface area (Å²) >= 11 is 0. The van der Waals surface area contributed by atoms with Crippen molar-refractivity contribution in [2.24, 2.45) is 23.7 Å². The molecule has 85 valence electrons. The van der Waals surface area contributed by atoms with Crippen LogP contribution in [0.25, 0.3) is 0 Å². The van der Waals surface area contributed by atoms with E-state index in [1.165, 1.54) is 25.7 Å². The van der Waals surface area contributed by atoms with Crippen LogP contribution in [0.5, 0.6) is 0 Å². The fourth-order valence-electron chi connectivity index (χ4n) is 4.78. The maximum absolute atomic E-state index is 2.32. The van der Waals surface area contributed by atoms with Crippen molar-refractivity contribution >= 4 is 0 Å². The second kappa shape index (κ2) is 4.11. The van der Waals surface area contributed by atoms with E-state index >= 15 is 0 Å². The van der Waals surface area contributed by atoms with Gasteiger partial charge in [0.2, 0.25) is 0 Å². The van der Waals surface area contributed by atoms with Gasteiger partial charge in [0.25, 0.3) is 0 Å². The first-order valence-electron chi connectivity index (χ1n) is 7.22. The van der Waals surface area contributed by atoms with E-state index in [0.717, 1.165) is 23.7 Å². The van der Waals surface area contributed by atoms with Gasteiger partial charge in [-0.25, -0.2) is 0 Å². The molecule has 4 bridgehead atoms. The predicted octanol–water partition coefficient (Wildman–Crippen LogP) is 4.60. The maximum atomic E-state index is 2.32. The first-order chi connectivity index (χ1) is 7.36. The highest BCUT2D eigenvalue weighted by Gasteiger charge is 2.47. The molecule has 0 spiro atoms. The Labute approximate surface area is 94.8 Å². The lowest BCUT2D eigenvalue weighted by Crippen LogP contribution is -2.43. The number of hydrogen-bond acceptors (Lipinski definition) is 0. The molecule has 0 atom stereocenters. The minimum absolute atomic E-state index is 1.08. The maximum Gasteiger partial charge on any atom is -0.0179 e. The smallest absolute Gasteiger partial charge is 0.0179 e. The molecule has 0 aliphatic heterocycles. The summed E-state index contributed by atoms with van der Waals surface area (Å²) in [6, 6.07) is 0. The van der Waals surface area contributed by atoms with E-state index in [4.69, 9.17) is 0 Å². The van der Waals surface area contributed by atoms with E-state index in [0.29, 0.717) is 0 Å². The fraction of sp³-hybridized carbons (Fsp3) is 0.933. The third kappa shape index (κ3) is 1.85. The van der Waals surface area contributed by atoms with Crippen molar-refractivity contribution in [2.75, 3.05) is 0 Å².